The van der Waals surface area contributed by atoms with Gasteiger partial charge in [0.05, 0.1) is 6.20 Å². The van der Waals surface area contributed by atoms with Crippen molar-refractivity contribution in [2.24, 2.45) is 5.41 Å². The van der Waals surface area contributed by atoms with Crippen LogP contribution in [0, 0.1) is 11.2 Å². The van der Waals surface area contributed by atoms with Gasteiger partial charge in [0.1, 0.15) is 11.6 Å². The minimum atomic E-state index is -0.319. The van der Waals surface area contributed by atoms with E-state index in [1.54, 1.807) is 6.07 Å². The first kappa shape index (κ1) is 12.2. The Balaban J connectivity index is 2.46. The number of hydrogen-bond acceptors (Lipinski definition) is 2. The van der Waals surface area contributed by atoms with Crippen molar-refractivity contribution in [3.63, 3.8) is 0 Å². The van der Waals surface area contributed by atoms with Gasteiger partial charge in [-0.1, -0.05) is 13.8 Å². The summed E-state index contributed by atoms with van der Waals surface area (Å²) in [5.41, 5.74) is 0.123. The van der Waals surface area contributed by atoms with Crippen LogP contribution in [0.2, 0.25) is 0 Å². The Morgan fingerprint density at radius 2 is 2.20 bits per heavy atom. The molecule has 1 heterocycles. The lowest BCUT2D eigenvalue weighted by Crippen LogP contribution is -2.23. The number of halogens is 2. The lowest BCUT2D eigenvalue weighted by Gasteiger charge is -2.24. The van der Waals surface area contributed by atoms with E-state index in [0.717, 1.165) is 13.0 Å². The van der Waals surface area contributed by atoms with Crippen LogP contribution < -0.4 is 5.32 Å². The van der Waals surface area contributed by atoms with Gasteiger partial charge in [-0.2, -0.15) is 0 Å². The molecule has 0 saturated carbocycles. The number of anilines is 1. The maximum atomic E-state index is 12.6. The third kappa shape index (κ3) is 4.47. The number of rotatable bonds is 5. The van der Waals surface area contributed by atoms with Gasteiger partial charge in [0, 0.05) is 12.4 Å². The number of nitrogens with zero attached hydrogens (tertiary/aromatic N) is 1. The van der Waals surface area contributed by atoms with Crippen molar-refractivity contribution in [3.05, 3.63) is 24.1 Å². The Labute approximate surface area is 94.9 Å². The molecular weight excluding hydrogens is 215 g/mol. The van der Waals surface area contributed by atoms with Gasteiger partial charge in [-0.3, -0.25) is 0 Å². The summed E-state index contributed by atoms with van der Waals surface area (Å²) in [7, 11) is 0. The van der Waals surface area contributed by atoms with Crippen LogP contribution in [0.5, 0.6) is 0 Å². The summed E-state index contributed by atoms with van der Waals surface area (Å²) in [6.07, 6.45) is 2.14. The standard InChI is InChI=1S/C11H16ClFN2/c1-11(2,5-6-12)8-15-10-4-3-9(13)7-14-10/h3-4,7H,5-6,8H2,1-2H3,(H,14,15). The SMILES string of the molecule is CC(C)(CCCl)CNc1ccc(F)cn1. The van der Waals surface area contributed by atoms with Crippen LogP contribution in [-0.2, 0) is 0 Å². The third-order valence-corrected chi connectivity index (χ3v) is 2.44. The summed E-state index contributed by atoms with van der Waals surface area (Å²) in [6.45, 7) is 5.04. The van der Waals surface area contributed by atoms with Gasteiger partial charge in [0.2, 0.25) is 0 Å². The molecule has 84 valence electrons. The molecule has 0 atom stereocenters. The van der Waals surface area contributed by atoms with Gasteiger partial charge < -0.3 is 5.32 Å². The van der Waals surface area contributed by atoms with Gasteiger partial charge in [-0.15, -0.1) is 11.6 Å². The molecule has 1 N–H and O–H groups in total. The van der Waals surface area contributed by atoms with Crippen molar-refractivity contribution in [3.8, 4) is 0 Å². The Hall–Kier alpha value is -0.830. The maximum absolute atomic E-state index is 12.6. The van der Waals surface area contributed by atoms with Gasteiger partial charge in [-0.25, -0.2) is 9.37 Å². The summed E-state index contributed by atoms with van der Waals surface area (Å²) in [4.78, 5) is 3.92. The molecule has 0 aliphatic heterocycles. The second-order valence-corrected chi connectivity index (χ2v) is 4.70. The average molecular weight is 231 g/mol. The summed E-state index contributed by atoms with van der Waals surface area (Å²) in [6, 6.07) is 3.02. The maximum Gasteiger partial charge on any atom is 0.141 e. The highest BCUT2D eigenvalue weighted by molar-refractivity contribution is 6.17. The average Bonchev–Trinajstić information content (AvgIpc) is 2.17. The highest BCUT2D eigenvalue weighted by Crippen LogP contribution is 2.21. The second-order valence-electron chi connectivity index (χ2n) is 4.32. The van der Waals surface area contributed by atoms with Crippen molar-refractivity contribution in [2.75, 3.05) is 17.7 Å². The Morgan fingerprint density at radius 1 is 1.47 bits per heavy atom. The van der Waals surface area contributed by atoms with Crippen molar-refractivity contribution < 1.29 is 4.39 Å². The molecule has 15 heavy (non-hydrogen) atoms. The van der Waals surface area contributed by atoms with Crippen molar-refractivity contribution >= 4 is 17.4 Å². The largest absolute Gasteiger partial charge is 0.370 e. The number of alkyl halides is 1. The van der Waals surface area contributed by atoms with E-state index < -0.39 is 0 Å². The molecule has 0 unspecified atom stereocenters. The fraction of sp³-hybridized carbons (Fsp3) is 0.545. The summed E-state index contributed by atoms with van der Waals surface area (Å²) in [5, 5.41) is 3.16. The van der Waals surface area contributed by atoms with Crippen LogP contribution in [-0.4, -0.2) is 17.4 Å². The molecule has 0 amide bonds. The minimum absolute atomic E-state index is 0.123. The Bertz CT molecular complexity index is 298. The van der Waals surface area contributed by atoms with Crippen molar-refractivity contribution in [2.45, 2.75) is 20.3 Å². The van der Waals surface area contributed by atoms with Crippen LogP contribution >= 0.6 is 11.6 Å². The van der Waals surface area contributed by atoms with Crippen molar-refractivity contribution in [1.82, 2.24) is 4.98 Å². The lowest BCUT2D eigenvalue weighted by atomic mass is 9.90. The van der Waals surface area contributed by atoms with E-state index >= 15 is 0 Å². The van der Waals surface area contributed by atoms with Gasteiger partial charge >= 0.3 is 0 Å². The molecule has 1 aromatic heterocycles. The highest BCUT2D eigenvalue weighted by atomic mass is 35.5. The van der Waals surface area contributed by atoms with Crippen LogP contribution in [0.15, 0.2) is 18.3 Å². The topological polar surface area (TPSA) is 24.9 Å². The monoisotopic (exact) mass is 230 g/mol. The zero-order valence-corrected chi connectivity index (χ0v) is 9.81. The zero-order valence-electron chi connectivity index (χ0n) is 9.06. The summed E-state index contributed by atoms with van der Waals surface area (Å²) < 4.78 is 12.6. The van der Waals surface area contributed by atoms with E-state index in [9.17, 15) is 4.39 Å². The molecule has 1 aromatic rings. The Kier molecular flexibility index (Phi) is 4.33. The molecular formula is C11H16ClFN2. The number of aromatic nitrogens is 1. The quantitative estimate of drug-likeness (QED) is 0.786. The first-order chi connectivity index (χ1) is 7.03. The molecule has 0 aliphatic rings. The first-order valence-corrected chi connectivity index (χ1v) is 5.48. The number of nitrogens with one attached hydrogen (secondary N) is 1. The van der Waals surface area contributed by atoms with Gasteiger partial charge in [0.15, 0.2) is 0 Å². The summed E-state index contributed by atoms with van der Waals surface area (Å²) in [5.74, 6) is 1.02. The van der Waals surface area contributed by atoms with Crippen LogP contribution in [0.25, 0.3) is 0 Å². The van der Waals surface area contributed by atoms with E-state index in [-0.39, 0.29) is 11.2 Å². The molecule has 1 rings (SSSR count). The van der Waals surface area contributed by atoms with Gasteiger partial charge in [-0.05, 0) is 24.0 Å². The lowest BCUT2D eigenvalue weighted by molar-refractivity contribution is 0.379. The zero-order chi connectivity index (χ0) is 11.3. The van der Waals surface area contributed by atoms with Gasteiger partial charge in [0.25, 0.3) is 0 Å². The third-order valence-electron chi connectivity index (χ3n) is 2.25. The highest BCUT2D eigenvalue weighted by Gasteiger charge is 2.16. The first-order valence-electron chi connectivity index (χ1n) is 4.95. The van der Waals surface area contributed by atoms with E-state index in [0.29, 0.717) is 11.7 Å². The molecule has 0 spiro atoms. The van der Waals surface area contributed by atoms with Crippen LogP contribution in [0.4, 0.5) is 10.2 Å². The van der Waals surface area contributed by atoms with Crippen LogP contribution in [0.1, 0.15) is 20.3 Å². The summed E-state index contributed by atoms with van der Waals surface area (Å²) >= 11 is 5.70. The Morgan fingerprint density at radius 3 is 2.73 bits per heavy atom. The molecule has 4 heteroatoms. The number of hydrogen-bond donors (Lipinski definition) is 1. The van der Waals surface area contributed by atoms with Crippen molar-refractivity contribution in [1.29, 1.82) is 0 Å². The van der Waals surface area contributed by atoms with E-state index in [2.05, 4.69) is 24.1 Å². The molecule has 0 bridgehead atoms. The van der Waals surface area contributed by atoms with E-state index in [1.165, 1.54) is 12.3 Å². The molecule has 0 aliphatic carbocycles. The molecule has 2 nitrogen and oxygen atoms in total. The predicted molar refractivity (Wildman–Crippen MR) is 61.8 cm³/mol. The fourth-order valence-corrected chi connectivity index (χ4v) is 1.67. The fourth-order valence-electron chi connectivity index (χ4n) is 1.15. The van der Waals surface area contributed by atoms with Crippen LogP contribution in [0.3, 0.4) is 0 Å². The number of pyridine rings is 1. The van der Waals surface area contributed by atoms with E-state index in [1.807, 2.05) is 0 Å². The molecule has 0 aromatic carbocycles. The molecule has 0 saturated heterocycles. The molecule has 0 fully saturated rings. The normalized spacial score (nSPS) is 11.5. The molecule has 0 radical (unpaired) electrons. The smallest absolute Gasteiger partial charge is 0.141 e. The second kappa shape index (κ2) is 5.31. The van der Waals surface area contributed by atoms with E-state index in [4.69, 9.17) is 11.6 Å². The minimum Gasteiger partial charge on any atom is -0.370 e. The predicted octanol–water partition coefficient (Wildman–Crippen LogP) is 3.29.